The number of fused-ring (bicyclic) bond motifs is 1. The van der Waals surface area contributed by atoms with Crippen LogP contribution < -0.4 is 10.6 Å². The van der Waals surface area contributed by atoms with Gasteiger partial charge in [0.2, 0.25) is 5.91 Å². The van der Waals surface area contributed by atoms with Crippen LogP contribution in [0.5, 0.6) is 0 Å². The summed E-state index contributed by atoms with van der Waals surface area (Å²) in [5, 5.41) is 5.58. The van der Waals surface area contributed by atoms with Crippen LogP contribution in [0.4, 0.5) is 5.69 Å². The van der Waals surface area contributed by atoms with Gasteiger partial charge in [-0.3, -0.25) is 4.79 Å². The number of hydrogen-bond donors (Lipinski definition) is 2. The van der Waals surface area contributed by atoms with Gasteiger partial charge in [0.25, 0.3) is 0 Å². The molecule has 0 fully saturated rings. The summed E-state index contributed by atoms with van der Waals surface area (Å²) in [6, 6.07) is 5.35. The predicted octanol–water partition coefficient (Wildman–Crippen LogP) is 0.501. The van der Waals surface area contributed by atoms with Crippen LogP contribution in [-0.2, 0) is 36.8 Å². The molecule has 1 aromatic carbocycles. The minimum Gasteiger partial charge on any atom is -0.466 e. The highest BCUT2D eigenvalue weighted by Crippen LogP contribution is 2.20. The van der Waals surface area contributed by atoms with Crippen molar-refractivity contribution >= 4 is 23.5 Å². The minimum absolute atomic E-state index is 0.0194. The van der Waals surface area contributed by atoms with E-state index in [9.17, 15) is 14.4 Å². The van der Waals surface area contributed by atoms with Crippen molar-refractivity contribution in [3.63, 3.8) is 0 Å². The van der Waals surface area contributed by atoms with Crippen LogP contribution in [0, 0.1) is 0 Å². The van der Waals surface area contributed by atoms with E-state index in [0.717, 1.165) is 17.2 Å². The van der Waals surface area contributed by atoms with Gasteiger partial charge in [-0.2, -0.15) is 0 Å². The summed E-state index contributed by atoms with van der Waals surface area (Å²) >= 11 is 0. The van der Waals surface area contributed by atoms with Gasteiger partial charge in [-0.25, -0.2) is 9.59 Å². The molecular formula is C15H16N2O5. The van der Waals surface area contributed by atoms with Gasteiger partial charge >= 0.3 is 11.9 Å². The highest BCUT2D eigenvalue weighted by Gasteiger charge is 2.17. The molecule has 1 aliphatic heterocycles. The second-order valence-corrected chi connectivity index (χ2v) is 4.63. The van der Waals surface area contributed by atoms with Gasteiger partial charge in [0.1, 0.15) is 5.70 Å². The lowest BCUT2D eigenvalue weighted by atomic mass is 10.00. The minimum atomic E-state index is -0.684. The number of hydrogen-bond acceptors (Lipinski definition) is 6. The van der Waals surface area contributed by atoms with E-state index in [-0.39, 0.29) is 11.6 Å². The normalized spacial score (nSPS) is 13.7. The fourth-order valence-electron chi connectivity index (χ4n) is 2.06. The summed E-state index contributed by atoms with van der Waals surface area (Å²) in [4.78, 5) is 34.3. The number of nitrogens with one attached hydrogen (secondary N) is 2. The topological polar surface area (TPSA) is 93.7 Å². The molecule has 0 atom stereocenters. The highest BCUT2D eigenvalue weighted by molar-refractivity contribution is 5.98. The zero-order valence-corrected chi connectivity index (χ0v) is 12.3. The van der Waals surface area contributed by atoms with Crippen LogP contribution in [0.25, 0.3) is 0 Å². The van der Waals surface area contributed by atoms with Crippen molar-refractivity contribution < 1.29 is 23.9 Å². The van der Waals surface area contributed by atoms with Crippen molar-refractivity contribution in [1.29, 1.82) is 0 Å². The first-order chi connectivity index (χ1) is 10.5. The van der Waals surface area contributed by atoms with Gasteiger partial charge in [-0.15, -0.1) is 0 Å². The molecule has 1 heterocycles. The number of benzene rings is 1. The Hall–Kier alpha value is -2.83. The van der Waals surface area contributed by atoms with E-state index < -0.39 is 11.9 Å². The van der Waals surface area contributed by atoms with Crippen molar-refractivity contribution in [2.45, 2.75) is 13.0 Å². The Kier molecular flexibility index (Phi) is 4.77. The van der Waals surface area contributed by atoms with E-state index in [1.807, 2.05) is 12.1 Å². The Morgan fingerprint density at radius 1 is 1.23 bits per heavy atom. The maximum Gasteiger partial charge on any atom is 0.354 e. The molecule has 1 aromatic rings. The van der Waals surface area contributed by atoms with Crippen LogP contribution in [0.2, 0.25) is 0 Å². The maximum absolute atomic E-state index is 11.7. The van der Waals surface area contributed by atoms with E-state index in [4.69, 9.17) is 0 Å². The van der Waals surface area contributed by atoms with Crippen molar-refractivity contribution in [2.75, 3.05) is 19.5 Å². The molecule has 0 saturated carbocycles. The second kappa shape index (κ2) is 6.75. The first-order valence-electron chi connectivity index (χ1n) is 6.57. The molecule has 0 aromatic heterocycles. The number of amides is 1. The lowest BCUT2D eigenvalue weighted by Gasteiger charge is -2.18. The summed E-state index contributed by atoms with van der Waals surface area (Å²) in [5.41, 5.74) is 2.46. The third-order valence-corrected chi connectivity index (χ3v) is 3.18. The number of anilines is 1. The molecule has 7 nitrogen and oxygen atoms in total. The van der Waals surface area contributed by atoms with Gasteiger partial charge < -0.3 is 20.1 Å². The lowest BCUT2D eigenvalue weighted by molar-refractivity contribution is -0.138. The molecular weight excluding hydrogens is 288 g/mol. The molecule has 0 unspecified atom stereocenters. The van der Waals surface area contributed by atoms with Crippen LogP contribution in [0.15, 0.2) is 30.0 Å². The average Bonchev–Trinajstić information content (AvgIpc) is 2.53. The first-order valence-corrected chi connectivity index (χ1v) is 6.57. The third kappa shape index (κ3) is 3.63. The standard InChI is InChI=1S/C15H16N2O5/c1-21-14(19)7-12(15(20)22-2)17-11-4-3-9-6-13(18)16-8-10(9)5-11/h3-5,7,17H,6,8H2,1-2H3,(H,16,18)/b12-7+. The zero-order chi connectivity index (χ0) is 16.1. The van der Waals surface area contributed by atoms with Gasteiger partial charge in [0.15, 0.2) is 0 Å². The van der Waals surface area contributed by atoms with Gasteiger partial charge in [0, 0.05) is 12.2 Å². The van der Waals surface area contributed by atoms with Gasteiger partial charge in [-0.05, 0) is 23.3 Å². The van der Waals surface area contributed by atoms with Gasteiger partial charge in [-0.1, -0.05) is 6.07 Å². The summed E-state index contributed by atoms with van der Waals surface area (Å²) in [5.74, 6) is -1.37. The first kappa shape index (κ1) is 15.6. The summed E-state index contributed by atoms with van der Waals surface area (Å²) in [7, 11) is 2.44. The highest BCUT2D eigenvalue weighted by atomic mass is 16.5. The van der Waals surface area contributed by atoms with Crippen molar-refractivity contribution in [1.82, 2.24) is 5.32 Å². The average molecular weight is 304 g/mol. The SMILES string of the molecule is COC(=O)/C=C(/Nc1ccc2c(c1)CNC(=O)C2)C(=O)OC. The summed E-state index contributed by atoms with van der Waals surface area (Å²) < 4.78 is 9.13. The molecule has 0 saturated heterocycles. The molecule has 22 heavy (non-hydrogen) atoms. The maximum atomic E-state index is 11.7. The quantitative estimate of drug-likeness (QED) is 0.621. The lowest BCUT2D eigenvalue weighted by Crippen LogP contribution is -2.30. The number of methoxy groups -OCH3 is 2. The molecule has 1 aliphatic rings. The molecule has 0 radical (unpaired) electrons. The summed E-state index contributed by atoms with van der Waals surface area (Å²) in [6.07, 6.45) is 1.35. The molecule has 2 rings (SSSR count). The van der Waals surface area contributed by atoms with E-state index in [2.05, 4.69) is 20.1 Å². The molecule has 0 bridgehead atoms. The van der Waals surface area contributed by atoms with Gasteiger partial charge in [0.05, 0.1) is 26.7 Å². The molecule has 116 valence electrons. The molecule has 0 spiro atoms. The van der Waals surface area contributed by atoms with E-state index in [0.29, 0.717) is 18.7 Å². The van der Waals surface area contributed by atoms with E-state index in [1.54, 1.807) is 6.07 Å². The molecule has 0 aliphatic carbocycles. The molecule has 1 amide bonds. The predicted molar refractivity (Wildman–Crippen MR) is 77.7 cm³/mol. The Balaban J connectivity index is 2.23. The number of esters is 2. The number of ether oxygens (including phenoxy) is 2. The van der Waals surface area contributed by atoms with Crippen molar-refractivity contribution in [3.05, 3.63) is 41.1 Å². The van der Waals surface area contributed by atoms with Crippen molar-refractivity contribution in [2.24, 2.45) is 0 Å². The number of rotatable bonds is 4. The van der Waals surface area contributed by atoms with Crippen LogP contribution in [0.1, 0.15) is 11.1 Å². The van der Waals surface area contributed by atoms with Crippen molar-refractivity contribution in [3.8, 4) is 0 Å². The molecule has 2 N–H and O–H groups in total. The monoisotopic (exact) mass is 304 g/mol. The Morgan fingerprint density at radius 3 is 2.68 bits per heavy atom. The Labute approximate surface area is 127 Å². The number of carbonyl (C=O) groups is 3. The summed E-state index contributed by atoms with van der Waals surface area (Å²) in [6.45, 7) is 0.429. The fraction of sp³-hybridized carbons (Fsp3) is 0.267. The third-order valence-electron chi connectivity index (χ3n) is 3.18. The number of carbonyl (C=O) groups excluding carboxylic acids is 3. The van der Waals surface area contributed by atoms with Crippen LogP contribution >= 0.6 is 0 Å². The smallest absolute Gasteiger partial charge is 0.354 e. The van der Waals surface area contributed by atoms with Crippen LogP contribution in [0.3, 0.4) is 0 Å². The van der Waals surface area contributed by atoms with E-state index >= 15 is 0 Å². The largest absolute Gasteiger partial charge is 0.466 e. The second-order valence-electron chi connectivity index (χ2n) is 4.63. The van der Waals surface area contributed by atoms with E-state index in [1.165, 1.54) is 14.2 Å². The Morgan fingerprint density at radius 2 is 2.00 bits per heavy atom. The van der Waals surface area contributed by atoms with Crippen LogP contribution in [-0.4, -0.2) is 32.1 Å². The zero-order valence-electron chi connectivity index (χ0n) is 12.3. The molecule has 7 heteroatoms. The Bertz CT molecular complexity index is 651. The fourth-order valence-corrected chi connectivity index (χ4v) is 2.06.